The molecule has 1 aliphatic rings. The number of rotatable bonds is 7. The summed E-state index contributed by atoms with van der Waals surface area (Å²) < 4.78 is 79.6. The Hall–Kier alpha value is -2.52. The lowest BCUT2D eigenvalue weighted by atomic mass is 10.0. The van der Waals surface area contributed by atoms with Gasteiger partial charge in [0.05, 0.1) is 27.8 Å². The van der Waals surface area contributed by atoms with Crippen LogP contribution in [0.4, 0.5) is 43.4 Å². The Kier molecular flexibility index (Phi) is 9.68. The topological polar surface area (TPSA) is 87.3 Å². The number of hydrogen-bond donors (Lipinski definition) is 3. The van der Waals surface area contributed by atoms with Crippen molar-refractivity contribution in [3.8, 4) is 0 Å². The highest BCUT2D eigenvalue weighted by atomic mass is 79.9. The van der Waals surface area contributed by atoms with E-state index in [2.05, 4.69) is 42.5 Å². The Morgan fingerprint density at radius 3 is 2.16 bits per heavy atom. The average molecular weight is 797 g/mol. The van der Waals surface area contributed by atoms with Gasteiger partial charge < -0.3 is 16.0 Å². The van der Waals surface area contributed by atoms with Crippen LogP contribution in [0, 0.1) is 23.4 Å². The van der Waals surface area contributed by atoms with Crippen LogP contribution in [0.15, 0.2) is 48.5 Å². The van der Waals surface area contributed by atoms with Crippen LogP contribution in [0.25, 0.3) is 0 Å². The Morgan fingerprint density at radius 2 is 1.53 bits per heavy atom. The van der Waals surface area contributed by atoms with Crippen LogP contribution in [0.3, 0.4) is 0 Å². The molecule has 0 saturated heterocycles. The predicted molar refractivity (Wildman–Crippen MR) is 157 cm³/mol. The van der Waals surface area contributed by atoms with Crippen molar-refractivity contribution < 1.29 is 40.7 Å². The monoisotopic (exact) mass is 793 g/mol. The fourth-order valence-corrected chi connectivity index (χ4v) is 5.41. The molecule has 3 amide bonds. The zero-order valence-electron chi connectivity index (χ0n) is 20.7. The molecule has 3 aromatic rings. The van der Waals surface area contributed by atoms with E-state index >= 15 is 0 Å². The molecule has 0 heterocycles. The summed E-state index contributed by atoms with van der Waals surface area (Å²) in [6.07, 6.45) is -5.00. The summed E-state index contributed by atoms with van der Waals surface area (Å²) in [6.45, 7) is 0. The quantitative estimate of drug-likeness (QED) is 0.166. The molecule has 0 unspecified atom stereocenters. The van der Waals surface area contributed by atoms with Gasteiger partial charge in [0, 0.05) is 11.6 Å². The van der Waals surface area contributed by atoms with Crippen molar-refractivity contribution in [2.75, 3.05) is 16.0 Å². The largest absolute Gasteiger partial charge is 0.419 e. The van der Waals surface area contributed by atoms with E-state index in [0.29, 0.717) is 12.1 Å². The van der Waals surface area contributed by atoms with E-state index in [9.17, 15) is 40.7 Å². The molecule has 0 radical (unpaired) electrons. The molecule has 43 heavy (non-hydrogen) atoms. The summed E-state index contributed by atoms with van der Waals surface area (Å²) in [6, 6.07) is 7.50. The number of benzene rings is 3. The number of anilines is 3. The van der Waals surface area contributed by atoms with Crippen LogP contribution in [0.1, 0.15) is 27.4 Å². The van der Waals surface area contributed by atoms with Gasteiger partial charge in [0.2, 0.25) is 11.8 Å². The van der Waals surface area contributed by atoms with Gasteiger partial charge >= 0.3 is 6.18 Å². The number of halogens is 11. The van der Waals surface area contributed by atoms with Crippen molar-refractivity contribution >= 4 is 101 Å². The number of alkyl halides is 7. The second kappa shape index (κ2) is 12.5. The lowest BCUT2D eigenvalue weighted by Gasteiger charge is -2.14. The Balaban J connectivity index is 1.53. The molecule has 1 saturated carbocycles. The molecule has 0 aliphatic heterocycles. The van der Waals surface area contributed by atoms with Gasteiger partial charge in [0.15, 0.2) is 5.82 Å². The first-order valence-electron chi connectivity index (χ1n) is 11.7. The van der Waals surface area contributed by atoms with E-state index in [1.54, 1.807) is 0 Å². The molecule has 3 N–H and O–H groups in total. The summed E-state index contributed by atoms with van der Waals surface area (Å²) in [4.78, 5) is 37.8. The minimum absolute atomic E-state index is 0.0161. The number of nitrogens with one attached hydrogen (secondary N) is 3. The lowest BCUT2D eigenvalue weighted by Crippen LogP contribution is -2.21. The van der Waals surface area contributed by atoms with Crippen LogP contribution in [0.2, 0.25) is 5.02 Å². The molecule has 0 bridgehead atoms. The first kappa shape index (κ1) is 33.4. The molecule has 0 spiro atoms. The van der Waals surface area contributed by atoms with E-state index in [1.165, 1.54) is 12.1 Å². The third-order valence-electron chi connectivity index (χ3n) is 6.26. The summed E-state index contributed by atoms with van der Waals surface area (Å²) in [7, 11) is 0. The fourth-order valence-electron chi connectivity index (χ4n) is 4.15. The molecule has 1 fully saturated rings. The van der Waals surface area contributed by atoms with Gasteiger partial charge in [0.1, 0.15) is 25.4 Å². The van der Waals surface area contributed by atoms with Crippen LogP contribution >= 0.6 is 66.7 Å². The number of hydrogen-bond acceptors (Lipinski definition) is 3. The van der Waals surface area contributed by atoms with Gasteiger partial charge in [-0.15, -0.1) is 23.2 Å². The minimum Gasteiger partial charge on any atom is -0.326 e. The lowest BCUT2D eigenvalue weighted by molar-refractivity contribution is -0.140. The van der Waals surface area contributed by atoms with Crippen molar-refractivity contribution in [1.82, 2.24) is 0 Å². The van der Waals surface area contributed by atoms with Crippen molar-refractivity contribution in [3.63, 3.8) is 0 Å². The SMILES string of the molecule is O=C(Nc1ccc(F)c(NC(=O)C(Br)Br)c1F)c1cc(NC(=O)[C@H]2[C@H](c3ccc(F)c(C(F)(F)F)c3)C2(Cl)Cl)ccc1Cl. The highest BCUT2D eigenvalue weighted by Gasteiger charge is 2.67. The predicted octanol–water partition coefficient (Wildman–Crippen LogP) is 8.61. The highest BCUT2D eigenvalue weighted by molar-refractivity contribution is 9.25. The smallest absolute Gasteiger partial charge is 0.326 e. The van der Waals surface area contributed by atoms with Crippen molar-refractivity contribution in [3.05, 3.63) is 87.7 Å². The third kappa shape index (κ3) is 7.08. The summed E-state index contributed by atoms with van der Waals surface area (Å²) in [5.41, 5.74) is -3.28. The maximum atomic E-state index is 14.9. The van der Waals surface area contributed by atoms with Crippen molar-refractivity contribution in [1.29, 1.82) is 0 Å². The first-order chi connectivity index (χ1) is 19.9. The Morgan fingerprint density at radius 1 is 0.884 bits per heavy atom. The van der Waals surface area contributed by atoms with E-state index in [1.807, 2.05) is 5.32 Å². The van der Waals surface area contributed by atoms with E-state index in [-0.39, 0.29) is 21.8 Å². The Bertz CT molecular complexity index is 1640. The minimum atomic E-state index is -5.00. The van der Waals surface area contributed by atoms with E-state index in [0.717, 1.165) is 24.3 Å². The normalized spacial score (nSPS) is 17.4. The highest BCUT2D eigenvalue weighted by Crippen LogP contribution is 2.65. The molecule has 2 atom stereocenters. The molecule has 3 aromatic carbocycles. The number of carbonyl (C=O) groups is 3. The maximum Gasteiger partial charge on any atom is 0.419 e. The number of amides is 3. The second-order valence-corrected chi connectivity index (χ2v) is 14.0. The van der Waals surface area contributed by atoms with Crippen molar-refractivity contribution in [2.24, 2.45) is 5.92 Å². The maximum absolute atomic E-state index is 14.9. The van der Waals surface area contributed by atoms with Gasteiger partial charge in [0.25, 0.3) is 5.91 Å². The molecule has 228 valence electrons. The molecular weight excluding hydrogens is 782 g/mol. The molecule has 6 nitrogen and oxygen atoms in total. The van der Waals surface area contributed by atoms with Crippen LogP contribution in [-0.4, -0.2) is 25.8 Å². The zero-order chi connectivity index (χ0) is 32.0. The van der Waals surface area contributed by atoms with Crippen LogP contribution < -0.4 is 16.0 Å². The van der Waals surface area contributed by atoms with Crippen LogP contribution in [0.5, 0.6) is 0 Å². The fraction of sp³-hybridized carbons (Fsp3) is 0.192. The molecule has 4 rings (SSSR count). The molecule has 0 aromatic heterocycles. The van der Waals surface area contributed by atoms with Gasteiger partial charge in [-0.1, -0.05) is 49.5 Å². The van der Waals surface area contributed by atoms with Gasteiger partial charge in [-0.2, -0.15) is 13.2 Å². The van der Waals surface area contributed by atoms with E-state index < -0.39 is 78.2 Å². The first-order valence-corrected chi connectivity index (χ1v) is 14.6. The molecule has 17 heteroatoms. The summed E-state index contributed by atoms with van der Waals surface area (Å²) in [5, 5.41) is 6.53. The third-order valence-corrected chi connectivity index (χ3v) is 8.36. The molecular formula is C26H14Br2Cl3F6N3O3. The number of carbonyl (C=O) groups excluding carboxylic acids is 3. The summed E-state index contributed by atoms with van der Waals surface area (Å²) >= 11 is 24.3. The molecule has 1 aliphatic carbocycles. The standard InChI is InChI=1S/C26H14Br2Cl3F6N3O3/c27-21(28)24(43)40-20-15(33)5-6-16(19(20)34)39-22(41)11-8-10(2-3-13(11)29)38-23(42)18-17(25(18,30)31)9-1-4-14(32)12(7-9)26(35,36)37/h1-8,17-18,21H,(H,38,42)(H,39,41)(H,40,43)/t17-,18+/m0/s1. The van der Waals surface area contributed by atoms with Gasteiger partial charge in [-0.05, 0) is 48.0 Å². The Labute approximate surface area is 270 Å². The zero-order valence-corrected chi connectivity index (χ0v) is 26.2. The summed E-state index contributed by atoms with van der Waals surface area (Å²) in [5.74, 6) is -8.93. The van der Waals surface area contributed by atoms with Crippen molar-refractivity contribution in [2.45, 2.75) is 20.2 Å². The van der Waals surface area contributed by atoms with E-state index in [4.69, 9.17) is 34.8 Å². The van der Waals surface area contributed by atoms with Gasteiger partial charge in [-0.3, -0.25) is 14.4 Å². The van der Waals surface area contributed by atoms with Gasteiger partial charge in [-0.25, -0.2) is 13.2 Å². The average Bonchev–Trinajstić information content (AvgIpc) is 3.50. The second-order valence-electron chi connectivity index (χ2n) is 9.08. The van der Waals surface area contributed by atoms with Crippen LogP contribution in [-0.2, 0) is 15.8 Å².